The zero-order chi connectivity index (χ0) is 24.3. The van der Waals surface area contributed by atoms with E-state index in [4.69, 9.17) is 9.47 Å². The van der Waals surface area contributed by atoms with Gasteiger partial charge in [0.05, 0.1) is 30.8 Å². The molecule has 0 aliphatic rings. The lowest BCUT2D eigenvalue weighted by Crippen LogP contribution is -2.11. The Kier molecular flexibility index (Phi) is 15.1. The van der Waals surface area contributed by atoms with Gasteiger partial charge in [0.15, 0.2) is 0 Å². The first-order chi connectivity index (χ1) is 16.7. The number of ether oxygens (including phenoxy) is 2. The van der Waals surface area contributed by atoms with Crippen molar-refractivity contribution in [3.05, 3.63) is 36.7 Å². The molecule has 34 heavy (non-hydrogen) atoms. The van der Waals surface area contributed by atoms with Crippen molar-refractivity contribution in [1.82, 2.24) is 9.97 Å². The number of nitrogens with zero attached hydrogens (tertiary/aromatic N) is 2. The zero-order valence-corrected chi connectivity index (χ0v) is 22.1. The van der Waals surface area contributed by atoms with Gasteiger partial charge in [-0.15, -0.1) is 0 Å². The van der Waals surface area contributed by atoms with E-state index in [1.165, 1.54) is 83.5 Å². The molecule has 0 radical (unpaired) electrons. The van der Waals surface area contributed by atoms with Crippen LogP contribution in [0.4, 0.5) is 0 Å². The van der Waals surface area contributed by atoms with Crippen LogP contribution in [0.3, 0.4) is 0 Å². The Balaban J connectivity index is 1.61. The quantitative estimate of drug-likeness (QED) is 0.182. The second-order valence-electron chi connectivity index (χ2n) is 9.57. The predicted octanol–water partition coefficient (Wildman–Crippen LogP) is 9.18. The van der Waals surface area contributed by atoms with Crippen molar-refractivity contribution in [3.8, 4) is 22.9 Å². The predicted molar refractivity (Wildman–Crippen MR) is 144 cm³/mol. The topological polar surface area (TPSA) is 44.2 Å². The van der Waals surface area contributed by atoms with Crippen molar-refractivity contribution in [2.24, 2.45) is 0 Å². The van der Waals surface area contributed by atoms with Gasteiger partial charge in [-0.1, -0.05) is 90.9 Å². The Morgan fingerprint density at radius 3 is 1.85 bits per heavy atom. The van der Waals surface area contributed by atoms with Crippen molar-refractivity contribution in [3.63, 3.8) is 0 Å². The number of hydrogen-bond acceptors (Lipinski definition) is 4. The highest BCUT2D eigenvalue weighted by Crippen LogP contribution is 2.22. The number of aromatic nitrogens is 2. The smallest absolute Gasteiger partial charge is 0.232 e. The SMILES string of the molecule is CCCCCCCCCCCCOc1cnc(-c2ccc(O[C@H](C)CCCCCC)cc2)cn1. The summed E-state index contributed by atoms with van der Waals surface area (Å²) in [6.07, 6.45) is 23.2. The minimum atomic E-state index is 0.245. The van der Waals surface area contributed by atoms with Crippen molar-refractivity contribution in [1.29, 1.82) is 0 Å². The maximum absolute atomic E-state index is 6.05. The Morgan fingerprint density at radius 1 is 0.676 bits per heavy atom. The summed E-state index contributed by atoms with van der Waals surface area (Å²) in [5.74, 6) is 1.52. The summed E-state index contributed by atoms with van der Waals surface area (Å²) in [7, 11) is 0. The van der Waals surface area contributed by atoms with Crippen molar-refractivity contribution in [2.75, 3.05) is 6.61 Å². The summed E-state index contributed by atoms with van der Waals surface area (Å²) < 4.78 is 11.8. The van der Waals surface area contributed by atoms with Gasteiger partial charge in [0.1, 0.15) is 5.75 Å². The first-order valence-corrected chi connectivity index (χ1v) is 13.9. The molecule has 4 nitrogen and oxygen atoms in total. The summed E-state index contributed by atoms with van der Waals surface area (Å²) >= 11 is 0. The molecule has 1 atom stereocenters. The van der Waals surface area contributed by atoms with Gasteiger partial charge in [-0.2, -0.15) is 0 Å². The van der Waals surface area contributed by atoms with Crippen LogP contribution in [0.25, 0.3) is 11.3 Å². The molecule has 1 aromatic carbocycles. The molecule has 0 aliphatic heterocycles. The highest BCUT2D eigenvalue weighted by atomic mass is 16.5. The van der Waals surface area contributed by atoms with E-state index in [1.54, 1.807) is 12.4 Å². The van der Waals surface area contributed by atoms with Gasteiger partial charge in [0.2, 0.25) is 5.88 Å². The number of benzene rings is 1. The summed E-state index contributed by atoms with van der Waals surface area (Å²) in [5.41, 5.74) is 1.89. The lowest BCUT2D eigenvalue weighted by molar-refractivity contribution is 0.206. The molecule has 0 spiro atoms. The monoisotopic (exact) mass is 468 g/mol. The second kappa shape index (κ2) is 18.3. The number of rotatable bonds is 20. The summed E-state index contributed by atoms with van der Waals surface area (Å²) in [6, 6.07) is 8.14. The average molecular weight is 469 g/mol. The molecule has 0 bridgehead atoms. The maximum Gasteiger partial charge on any atom is 0.232 e. The van der Waals surface area contributed by atoms with Gasteiger partial charge in [-0.05, 0) is 50.5 Å². The molecule has 0 aliphatic carbocycles. The van der Waals surface area contributed by atoms with E-state index < -0.39 is 0 Å². The fraction of sp³-hybridized carbons (Fsp3) is 0.667. The minimum absolute atomic E-state index is 0.245. The van der Waals surface area contributed by atoms with Gasteiger partial charge >= 0.3 is 0 Å². The molecule has 2 aromatic rings. The molecule has 1 aromatic heterocycles. The Hall–Kier alpha value is -2.10. The highest BCUT2D eigenvalue weighted by molar-refractivity contribution is 5.59. The first-order valence-electron chi connectivity index (χ1n) is 13.9. The van der Waals surface area contributed by atoms with Crippen LogP contribution in [0, 0.1) is 0 Å². The molecular formula is C30H48N2O2. The maximum atomic E-state index is 6.05. The van der Waals surface area contributed by atoms with Crippen LogP contribution in [0.15, 0.2) is 36.7 Å². The van der Waals surface area contributed by atoms with Gasteiger partial charge in [-0.25, -0.2) is 9.97 Å². The van der Waals surface area contributed by atoms with E-state index in [0.29, 0.717) is 12.5 Å². The molecule has 4 heteroatoms. The molecule has 0 saturated carbocycles. The highest BCUT2D eigenvalue weighted by Gasteiger charge is 2.06. The van der Waals surface area contributed by atoms with E-state index in [1.807, 2.05) is 24.3 Å². The summed E-state index contributed by atoms with van der Waals surface area (Å²) in [5, 5.41) is 0. The third-order valence-corrected chi connectivity index (χ3v) is 6.33. The molecule has 0 unspecified atom stereocenters. The van der Waals surface area contributed by atoms with E-state index in [2.05, 4.69) is 30.7 Å². The van der Waals surface area contributed by atoms with E-state index >= 15 is 0 Å². The number of hydrogen-bond donors (Lipinski definition) is 0. The Morgan fingerprint density at radius 2 is 1.26 bits per heavy atom. The molecule has 0 fully saturated rings. The fourth-order valence-electron chi connectivity index (χ4n) is 4.16. The van der Waals surface area contributed by atoms with E-state index in [-0.39, 0.29) is 6.10 Å². The first kappa shape index (κ1) is 28.1. The van der Waals surface area contributed by atoms with Crippen molar-refractivity contribution < 1.29 is 9.47 Å². The Labute approximate surface area is 208 Å². The summed E-state index contributed by atoms with van der Waals surface area (Å²) in [6.45, 7) is 7.38. The lowest BCUT2D eigenvalue weighted by atomic mass is 10.1. The van der Waals surface area contributed by atoms with Crippen molar-refractivity contribution in [2.45, 2.75) is 123 Å². The van der Waals surface area contributed by atoms with Gasteiger partial charge in [0.25, 0.3) is 0 Å². The zero-order valence-electron chi connectivity index (χ0n) is 22.1. The van der Waals surface area contributed by atoms with E-state index in [9.17, 15) is 0 Å². The van der Waals surface area contributed by atoms with Gasteiger partial charge in [0, 0.05) is 5.56 Å². The molecule has 0 N–H and O–H groups in total. The minimum Gasteiger partial charge on any atom is -0.491 e. The lowest BCUT2D eigenvalue weighted by Gasteiger charge is -2.15. The number of unbranched alkanes of at least 4 members (excludes halogenated alkanes) is 12. The molecule has 0 amide bonds. The van der Waals surface area contributed by atoms with Crippen LogP contribution in [0.1, 0.15) is 117 Å². The third-order valence-electron chi connectivity index (χ3n) is 6.33. The summed E-state index contributed by atoms with van der Waals surface area (Å²) in [4.78, 5) is 8.98. The van der Waals surface area contributed by atoms with Crippen LogP contribution in [-0.4, -0.2) is 22.7 Å². The standard InChI is InChI=1S/C30H48N2O2/c1-4-6-8-10-11-12-13-14-15-17-23-33-30-25-31-29(24-32-30)27-19-21-28(22-20-27)34-26(3)18-16-9-7-5-2/h19-22,24-26H,4-18,23H2,1-3H3/t26-/m1/s1. The van der Waals surface area contributed by atoms with Gasteiger partial charge in [-0.3, -0.25) is 0 Å². The normalized spacial score (nSPS) is 12.0. The fourth-order valence-corrected chi connectivity index (χ4v) is 4.16. The van der Waals surface area contributed by atoms with Crippen LogP contribution in [0.5, 0.6) is 11.6 Å². The molecular weight excluding hydrogens is 420 g/mol. The molecule has 190 valence electrons. The van der Waals surface area contributed by atoms with Crippen LogP contribution >= 0.6 is 0 Å². The third kappa shape index (κ3) is 12.4. The average Bonchev–Trinajstić information content (AvgIpc) is 2.86. The largest absolute Gasteiger partial charge is 0.491 e. The van der Waals surface area contributed by atoms with Crippen LogP contribution < -0.4 is 9.47 Å². The molecule has 1 heterocycles. The second-order valence-corrected chi connectivity index (χ2v) is 9.57. The van der Waals surface area contributed by atoms with E-state index in [0.717, 1.165) is 29.8 Å². The Bertz CT molecular complexity index is 730. The van der Waals surface area contributed by atoms with Crippen molar-refractivity contribution >= 4 is 0 Å². The van der Waals surface area contributed by atoms with Gasteiger partial charge < -0.3 is 9.47 Å². The molecule has 0 saturated heterocycles. The molecule has 2 rings (SSSR count). The van der Waals surface area contributed by atoms with Crippen LogP contribution in [0.2, 0.25) is 0 Å². The van der Waals surface area contributed by atoms with Crippen LogP contribution in [-0.2, 0) is 0 Å².